The van der Waals surface area contributed by atoms with Gasteiger partial charge >= 0.3 is 5.97 Å². The SMILES string of the molecule is CCC(C)NC(=O)COC(=O)Cn1ccc(N)n1. The van der Waals surface area contributed by atoms with Crippen molar-refractivity contribution in [1.82, 2.24) is 15.1 Å². The zero-order chi connectivity index (χ0) is 13.5. The number of amides is 1. The Morgan fingerprint density at radius 2 is 2.33 bits per heavy atom. The minimum absolute atomic E-state index is 0.0617. The molecule has 0 spiro atoms. The van der Waals surface area contributed by atoms with E-state index in [1.165, 1.54) is 4.68 Å². The zero-order valence-corrected chi connectivity index (χ0v) is 10.5. The number of carbonyl (C=O) groups is 2. The van der Waals surface area contributed by atoms with E-state index in [-0.39, 0.29) is 25.1 Å². The first-order valence-electron chi connectivity index (χ1n) is 5.75. The molecule has 0 bridgehead atoms. The number of nitrogens with one attached hydrogen (secondary N) is 1. The molecule has 0 fully saturated rings. The Morgan fingerprint density at radius 1 is 1.61 bits per heavy atom. The highest BCUT2D eigenvalue weighted by atomic mass is 16.5. The van der Waals surface area contributed by atoms with Crippen molar-refractivity contribution in [1.29, 1.82) is 0 Å². The molecular formula is C11H18N4O3. The first-order valence-corrected chi connectivity index (χ1v) is 5.75. The van der Waals surface area contributed by atoms with Crippen LogP contribution in [0.2, 0.25) is 0 Å². The Hall–Kier alpha value is -2.05. The molecule has 3 N–H and O–H groups in total. The van der Waals surface area contributed by atoms with Crippen molar-refractivity contribution in [2.75, 3.05) is 12.3 Å². The smallest absolute Gasteiger partial charge is 0.328 e. The van der Waals surface area contributed by atoms with E-state index in [0.717, 1.165) is 6.42 Å². The van der Waals surface area contributed by atoms with Crippen molar-refractivity contribution in [2.24, 2.45) is 0 Å². The summed E-state index contributed by atoms with van der Waals surface area (Å²) >= 11 is 0. The third kappa shape index (κ3) is 4.86. The van der Waals surface area contributed by atoms with E-state index < -0.39 is 5.97 Å². The minimum atomic E-state index is -0.530. The highest BCUT2D eigenvalue weighted by molar-refractivity contribution is 5.80. The first-order chi connectivity index (χ1) is 8.51. The molecule has 0 aromatic carbocycles. The van der Waals surface area contributed by atoms with E-state index >= 15 is 0 Å². The highest BCUT2D eigenvalue weighted by Crippen LogP contribution is 1.96. The molecule has 0 aliphatic rings. The number of ether oxygens (including phenoxy) is 1. The molecule has 1 rings (SSSR count). The molecule has 100 valence electrons. The van der Waals surface area contributed by atoms with Crippen molar-refractivity contribution in [3.8, 4) is 0 Å². The van der Waals surface area contributed by atoms with E-state index in [0.29, 0.717) is 5.82 Å². The van der Waals surface area contributed by atoms with Crippen LogP contribution in [0, 0.1) is 0 Å². The van der Waals surface area contributed by atoms with Gasteiger partial charge in [-0.05, 0) is 19.4 Å². The minimum Gasteiger partial charge on any atom is -0.454 e. The summed E-state index contributed by atoms with van der Waals surface area (Å²) in [6.45, 7) is 3.50. The standard InChI is InChI=1S/C11H18N4O3/c1-3-8(2)13-10(16)7-18-11(17)6-15-5-4-9(12)14-15/h4-5,8H,3,6-7H2,1-2H3,(H2,12,14)(H,13,16). The largest absolute Gasteiger partial charge is 0.454 e. The van der Waals surface area contributed by atoms with Crippen LogP contribution in [-0.2, 0) is 20.9 Å². The third-order valence-electron chi connectivity index (χ3n) is 2.34. The topological polar surface area (TPSA) is 99.2 Å². The predicted octanol–water partition coefficient (Wildman–Crippen LogP) is -0.0768. The molecule has 1 aromatic rings. The molecule has 0 saturated carbocycles. The second-order valence-corrected chi connectivity index (χ2v) is 3.98. The van der Waals surface area contributed by atoms with Gasteiger partial charge in [0, 0.05) is 12.2 Å². The first kappa shape index (κ1) is 14.0. The van der Waals surface area contributed by atoms with Gasteiger partial charge in [-0.2, -0.15) is 5.10 Å². The Labute approximate surface area is 105 Å². The molecule has 1 heterocycles. The van der Waals surface area contributed by atoms with Gasteiger partial charge < -0.3 is 15.8 Å². The van der Waals surface area contributed by atoms with Gasteiger partial charge in [0.1, 0.15) is 12.4 Å². The van der Waals surface area contributed by atoms with Gasteiger partial charge in [-0.15, -0.1) is 0 Å². The lowest BCUT2D eigenvalue weighted by atomic mass is 10.2. The van der Waals surface area contributed by atoms with Gasteiger partial charge in [0.25, 0.3) is 5.91 Å². The van der Waals surface area contributed by atoms with Crippen molar-refractivity contribution in [3.05, 3.63) is 12.3 Å². The molecule has 0 radical (unpaired) electrons. The third-order valence-corrected chi connectivity index (χ3v) is 2.34. The summed E-state index contributed by atoms with van der Waals surface area (Å²) in [5.74, 6) is -0.507. The number of anilines is 1. The van der Waals surface area contributed by atoms with Gasteiger partial charge in [-0.3, -0.25) is 14.3 Å². The molecule has 18 heavy (non-hydrogen) atoms. The lowest BCUT2D eigenvalue weighted by Crippen LogP contribution is -2.35. The van der Waals surface area contributed by atoms with Gasteiger partial charge in [0.05, 0.1) is 0 Å². The monoisotopic (exact) mass is 254 g/mol. The van der Waals surface area contributed by atoms with Crippen LogP contribution in [0.15, 0.2) is 12.3 Å². The van der Waals surface area contributed by atoms with E-state index in [9.17, 15) is 9.59 Å². The molecule has 0 saturated heterocycles. The van der Waals surface area contributed by atoms with E-state index in [4.69, 9.17) is 10.5 Å². The Morgan fingerprint density at radius 3 is 2.89 bits per heavy atom. The van der Waals surface area contributed by atoms with E-state index in [1.807, 2.05) is 13.8 Å². The number of carbonyl (C=O) groups excluding carboxylic acids is 2. The van der Waals surface area contributed by atoms with Crippen LogP contribution in [0.4, 0.5) is 5.82 Å². The molecule has 1 unspecified atom stereocenters. The summed E-state index contributed by atoms with van der Waals surface area (Å²) in [7, 11) is 0. The fourth-order valence-electron chi connectivity index (χ4n) is 1.21. The summed E-state index contributed by atoms with van der Waals surface area (Å²) in [4.78, 5) is 22.7. The number of hydrogen-bond acceptors (Lipinski definition) is 5. The zero-order valence-electron chi connectivity index (χ0n) is 10.5. The summed E-state index contributed by atoms with van der Waals surface area (Å²) in [5.41, 5.74) is 5.40. The lowest BCUT2D eigenvalue weighted by Gasteiger charge is -2.11. The number of hydrogen-bond donors (Lipinski definition) is 2. The van der Waals surface area contributed by atoms with E-state index in [1.54, 1.807) is 12.3 Å². The molecule has 1 atom stereocenters. The van der Waals surface area contributed by atoms with Gasteiger partial charge in [-0.1, -0.05) is 6.92 Å². The Balaban J connectivity index is 2.27. The fourth-order valence-corrected chi connectivity index (χ4v) is 1.21. The number of nitrogens with two attached hydrogens (primary N) is 1. The average molecular weight is 254 g/mol. The summed E-state index contributed by atoms with van der Waals surface area (Å²) in [6.07, 6.45) is 2.39. The van der Waals surface area contributed by atoms with Crippen LogP contribution in [0.5, 0.6) is 0 Å². The molecule has 1 amide bonds. The summed E-state index contributed by atoms with van der Waals surface area (Å²) < 4.78 is 6.16. The molecule has 7 heteroatoms. The Kier molecular flexibility index (Phi) is 5.16. The highest BCUT2D eigenvalue weighted by Gasteiger charge is 2.10. The number of nitrogens with zero attached hydrogens (tertiary/aromatic N) is 2. The second-order valence-electron chi connectivity index (χ2n) is 3.98. The van der Waals surface area contributed by atoms with Crippen LogP contribution < -0.4 is 11.1 Å². The fraction of sp³-hybridized carbons (Fsp3) is 0.545. The Bertz CT molecular complexity index is 416. The maximum Gasteiger partial charge on any atom is 0.328 e. The molecule has 0 aliphatic carbocycles. The van der Waals surface area contributed by atoms with Crippen molar-refractivity contribution in [2.45, 2.75) is 32.9 Å². The lowest BCUT2D eigenvalue weighted by molar-refractivity contribution is -0.149. The number of rotatable bonds is 6. The average Bonchev–Trinajstić information content (AvgIpc) is 2.72. The summed E-state index contributed by atoms with van der Waals surface area (Å²) in [6, 6.07) is 1.64. The summed E-state index contributed by atoms with van der Waals surface area (Å²) in [5, 5.41) is 6.53. The molecular weight excluding hydrogens is 236 g/mol. The van der Waals surface area contributed by atoms with Crippen LogP contribution in [0.1, 0.15) is 20.3 Å². The molecule has 0 aliphatic heterocycles. The maximum absolute atomic E-state index is 11.4. The maximum atomic E-state index is 11.4. The van der Waals surface area contributed by atoms with Gasteiger partial charge in [0.15, 0.2) is 6.61 Å². The van der Waals surface area contributed by atoms with Crippen LogP contribution in [0.3, 0.4) is 0 Å². The van der Waals surface area contributed by atoms with Crippen molar-refractivity contribution >= 4 is 17.7 Å². The normalized spacial score (nSPS) is 11.9. The van der Waals surface area contributed by atoms with Crippen molar-refractivity contribution in [3.63, 3.8) is 0 Å². The number of esters is 1. The quantitative estimate of drug-likeness (QED) is 0.692. The van der Waals surface area contributed by atoms with Gasteiger partial charge in [0.2, 0.25) is 0 Å². The van der Waals surface area contributed by atoms with Crippen LogP contribution >= 0.6 is 0 Å². The van der Waals surface area contributed by atoms with Gasteiger partial charge in [-0.25, -0.2) is 0 Å². The van der Waals surface area contributed by atoms with E-state index in [2.05, 4.69) is 10.4 Å². The number of nitrogen functional groups attached to an aromatic ring is 1. The van der Waals surface area contributed by atoms with Crippen LogP contribution in [0.25, 0.3) is 0 Å². The predicted molar refractivity (Wildman–Crippen MR) is 65.5 cm³/mol. The molecule has 7 nitrogen and oxygen atoms in total. The molecule has 1 aromatic heterocycles. The number of aromatic nitrogens is 2. The van der Waals surface area contributed by atoms with Crippen molar-refractivity contribution < 1.29 is 14.3 Å². The second kappa shape index (κ2) is 6.63. The van der Waals surface area contributed by atoms with Crippen LogP contribution in [-0.4, -0.2) is 34.3 Å².